The molecule has 2 aromatic heterocycles. The van der Waals surface area contributed by atoms with Crippen LogP contribution < -0.4 is 16.2 Å². The highest BCUT2D eigenvalue weighted by atomic mass is 19.3. The van der Waals surface area contributed by atoms with Crippen LogP contribution in [0.25, 0.3) is 11.3 Å². The molecule has 0 aliphatic carbocycles. The number of ether oxygens (including phenoxy) is 1. The Labute approximate surface area is 167 Å². The van der Waals surface area contributed by atoms with Crippen LogP contribution in [-0.4, -0.2) is 26.9 Å². The smallest absolute Gasteiger partial charge is 0.282 e. The Morgan fingerprint density at radius 2 is 1.87 bits per heavy atom. The summed E-state index contributed by atoms with van der Waals surface area (Å²) in [6.07, 6.45) is -6.01. The van der Waals surface area contributed by atoms with Crippen molar-refractivity contribution in [2.24, 2.45) is 0 Å². The number of anilines is 2. The Balaban J connectivity index is 2.11. The van der Waals surface area contributed by atoms with E-state index in [0.717, 1.165) is 4.68 Å². The number of nitrogen functional groups attached to an aromatic ring is 2. The average molecular weight is 421 g/mol. The number of methoxy groups -OCH3 is 1. The second-order valence-corrected chi connectivity index (χ2v) is 6.08. The van der Waals surface area contributed by atoms with Gasteiger partial charge in [-0.15, -0.1) is 0 Å². The first-order valence-electron chi connectivity index (χ1n) is 8.39. The van der Waals surface area contributed by atoms with Gasteiger partial charge in [0.05, 0.1) is 19.3 Å². The summed E-state index contributed by atoms with van der Waals surface area (Å²) in [5.74, 6) is 0.0140. The summed E-state index contributed by atoms with van der Waals surface area (Å²) in [6, 6.07) is 7.12. The molecule has 0 fully saturated rings. The molecule has 0 unspecified atom stereocenters. The fourth-order valence-electron chi connectivity index (χ4n) is 2.89. The predicted molar refractivity (Wildman–Crippen MR) is 98.8 cm³/mol. The minimum atomic E-state index is -3.01. The highest BCUT2D eigenvalue weighted by Crippen LogP contribution is 2.32. The van der Waals surface area contributed by atoms with Crippen molar-refractivity contribution >= 4 is 11.8 Å². The van der Waals surface area contributed by atoms with Gasteiger partial charge in [-0.2, -0.15) is 15.3 Å². The van der Waals surface area contributed by atoms with Crippen LogP contribution in [0.3, 0.4) is 0 Å². The molecule has 0 aliphatic rings. The van der Waals surface area contributed by atoms with Crippen LogP contribution in [0.2, 0.25) is 0 Å². The molecule has 0 atom stereocenters. The van der Waals surface area contributed by atoms with Gasteiger partial charge in [-0.3, -0.25) is 4.68 Å². The molecule has 8 nitrogen and oxygen atoms in total. The fourth-order valence-corrected chi connectivity index (χ4v) is 2.89. The van der Waals surface area contributed by atoms with Crippen LogP contribution in [0.1, 0.15) is 35.4 Å². The second kappa shape index (κ2) is 8.24. The molecule has 30 heavy (non-hydrogen) atoms. The van der Waals surface area contributed by atoms with Gasteiger partial charge in [0.25, 0.3) is 12.9 Å². The van der Waals surface area contributed by atoms with Crippen molar-refractivity contribution in [3.8, 4) is 23.1 Å². The number of benzene rings is 1. The van der Waals surface area contributed by atoms with Gasteiger partial charge in [-0.1, -0.05) is 0 Å². The van der Waals surface area contributed by atoms with Crippen LogP contribution in [-0.2, 0) is 6.54 Å². The first-order chi connectivity index (χ1) is 14.2. The predicted octanol–water partition coefficient (Wildman–Crippen LogP) is 3.31. The molecule has 0 radical (unpaired) electrons. The van der Waals surface area contributed by atoms with E-state index < -0.39 is 24.2 Å². The van der Waals surface area contributed by atoms with E-state index in [9.17, 15) is 22.8 Å². The number of nitrogens with two attached hydrogens (primary N) is 2. The summed E-state index contributed by atoms with van der Waals surface area (Å²) in [7, 11) is 1.36. The molecule has 1 aromatic carbocycles. The third-order valence-electron chi connectivity index (χ3n) is 4.22. The van der Waals surface area contributed by atoms with Crippen LogP contribution in [0, 0.1) is 11.3 Å². The summed E-state index contributed by atoms with van der Waals surface area (Å²) in [4.78, 5) is 7.77. The molecule has 0 aliphatic heterocycles. The van der Waals surface area contributed by atoms with Gasteiger partial charge in [0, 0.05) is 11.1 Å². The zero-order chi connectivity index (χ0) is 22.0. The summed E-state index contributed by atoms with van der Waals surface area (Å²) < 4.78 is 58.5. The van der Waals surface area contributed by atoms with Crippen molar-refractivity contribution in [2.75, 3.05) is 18.6 Å². The second-order valence-electron chi connectivity index (χ2n) is 6.08. The standard InChI is InChI=1S/C18H15F4N7O/c1-30-13-3-2-8(14-10(6-23)17(24)27-18(25)26-14)4-9(13)7-29-12(16(21)22)5-11(28-29)15(19)20/h2-5,15-16H,7H2,1H3,(H4,24,25,26,27). The van der Waals surface area contributed by atoms with Gasteiger partial charge in [0.15, 0.2) is 0 Å². The molecule has 2 heterocycles. The number of halogens is 4. The lowest BCUT2D eigenvalue weighted by molar-refractivity contribution is 0.139. The number of aromatic nitrogens is 4. The first-order valence-corrected chi connectivity index (χ1v) is 8.39. The zero-order valence-electron chi connectivity index (χ0n) is 15.5. The number of alkyl halides is 4. The van der Waals surface area contributed by atoms with Gasteiger partial charge >= 0.3 is 0 Å². The van der Waals surface area contributed by atoms with E-state index in [0.29, 0.717) is 22.9 Å². The lowest BCUT2D eigenvalue weighted by atomic mass is 10.0. The number of nitriles is 1. The Morgan fingerprint density at radius 3 is 2.47 bits per heavy atom. The van der Waals surface area contributed by atoms with Crippen molar-refractivity contribution in [1.82, 2.24) is 19.7 Å². The molecule has 156 valence electrons. The van der Waals surface area contributed by atoms with Gasteiger partial charge in [-0.05, 0) is 24.3 Å². The Hall–Kier alpha value is -3.88. The topological polar surface area (TPSA) is 129 Å². The number of nitrogens with zero attached hydrogens (tertiary/aromatic N) is 5. The van der Waals surface area contributed by atoms with Gasteiger partial charge in [0.1, 0.15) is 34.6 Å². The van der Waals surface area contributed by atoms with Gasteiger partial charge in [0.2, 0.25) is 5.95 Å². The molecule has 0 saturated heterocycles. The average Bonchev–Trinajstić information content (AvgIpc) is 3.12. The summed E-state index contributed by atoms with van der Waals surface area (Å²) in [5.41, 5.74) is 10.7. The molecule has 12 heteroatoms. The summed E-state index contributed by atoms with van der Waals surface area (Å²) in [5, 5.41) is 12.9. The first kappa shape index (κ1) is 20.8. The Kier molecular flexibility index (Phi) is 5.72. The Bertz CT molecular complexity index is 1120. The minimum absolute atomic E-state index is 0.0207. The van der Waals surface area contributed by atoms with E-state index in [1.807, 2.05) is 6.07 Å². The molecule has 4 N–H and O–H groups in total. The van der Waals surface area contributed by atoms with Gasteiger partial charge < -0.3 is 16.2 Å². The Morgan fingerprint density at radius 1 is 1.13 bits per heavy atom. The van der Waals surface area contributed by atoms with Crippen LogP contribution >= 0.6 is 0 Å². The van der Waals surface area contributed by atoms with Crippen LogP contribution in [0.15, 0.2) is 24.3 Å². The maximum atomic E-state index is 13.3. The number of hydrogen-bond donors (Lipinski definition) is 2. The van der Waals surface area contributed by atoms with Crippen LogP contribution in [0.4, 0.5) is 29.3 Å². The van der Waals surface area contributed by atoms with E-state index in [-0.39, 0.29) is 29.6 Å². The minimum Gasteiger partial charge on any atom is -0.496 e. The monoisotopic (exact) mass is 421 g/mol. The van der Waals surface area contributed by atoms with Crippen molar-refractivity contribution < 1.29 is 22.3 Å². The van der Waals surface area contributed by atoms with Crippen molar-refractivity contribution in [3.63, 3.8) is 0 Å². The zero-order valence-corrected chi connectivity index (χ0v) is 15.5. The van der Waals surface area contributed by atoms with E-state index in [1.165, 1.54) is 19.2 Å². The molecule has 0 spiro atoms. The molecular formula is C18H15F4N7O. The maximum Gasteiger partial charge on any atom is 0.282 e. The third kappa shape index (κ3) is 3.95. The highest BCUT2D eigenvalue weighted by Gasteiger charge is 2.22. The normalized spacial score (nSPS) is 11.1. The molecule has 3 aromatic rings. The van der Waals surface area contributed by atoms with Crippen molar-refractivity contribution in [3.05, 3.63) is 46.8 Å². The van der Waals surface area contributed by atoms with Crippen molar-refractivity contribution in [2.45, 2.75) is 19.4 Å². The number of hydrogen-bond acceptors (Lipinski definition) is 7. The summed E-state index contributed by atoms with van der Waals surface area (Å²) in [6.45, 7) is -0.290. The quantitative estimate of drug-likeness (QED) is 0.584. The maximum absolute atomic E-state index is 13.3. The molecular weight excluding hydrogens is 406 g/mol. The van der Waals surface area contributed by atoms with Gasteiger partial charge in [-0.25, -0.2) is 22.5 Å². The lowest BCUT2D eigenvalue weighted by Gasteiger charge is -2.13. The highest BCUT2D eigenvalue weighted by molar-refractivity contribution is 5.74. The van der Waals surface area contributed by atoms with E-state index in [4.69, 9.17) is 16.2 Å². The number of rotatable bonds is 6. The molecule has 0 amide bonds. The SMILES string of the molecule is COc1ccc(-c2nc(N)nc(N)c2C#N)cc1Cn1nc(C(F)F)cc1C(F)F. The van der Waals surface area contributed by atoms with Crippen LogP contribution in [0.5, 0.6) is 5.75 Å². The van der Waals surface area contributed by atoms with E-state index >= 15 is 0 Å². The van der Waals surface area contributed by atoms with Crippen molar-refractivity contribution in [1.29, 1.82) is 5.26 Å². The largest absolute Gasteiger partial charge is 0.496 e. The lowest BCUT2D eigenvalue weighted by Crippen LogP contribution is -2.09. The fraction of sp³-hybridized carbons (Fsp3) is 0.222. The molecule has 0 saturated carbocycles. The van der Waals surface area contributed by atoms with E-state index in [1.54, 1.807) is 6.07 Å². The molecule has 0 bridgehead atoms. The third-order valence-corrected chi connectivity index (χ3v) is 4.22. The summed E-state index contributed by atoms with van der Waals surface area (Å²) >= 11 is 0. The van der Waals surface area contributed by atoms with E-state index in [2.05, 4.69) is 15.1 Å². The molecule has 3 rings (SSSR count).